The Kier molecular flexibility index (Phi) is 8.20. The second kappa shape index (κ2) is 11.9. The van der Waals surface area contributed by atoms with Crippen molar-refractivity contribution in [1.82, 2.24) is 4.98 Å². The average Bonchev–Trinajstić information content (AvgIpc) is 3.45. The van der Waals surface area contributed by atoms with Gasteiger partial charge in [0.25, 0.3) is 5.69 Å². The van der Waals surface area contributed by atoms with Gasteiger partial charge in [0, 0.05) is 29.7 Å². The number of carbonyl (C=O) groups excluding carboxylic acids is 2. The summed E-state index contributed by atoms with van der Waals surface area (Å²) >= 11 is 0. The smallest absolute Gasteiger partial charge is 0.269 e. The van der Waals surface area contributed by atoms with E-state index < -0.39 is 10.8 Å². The van der Waals surface area contributed by atoms with Gasteiger partial charge in [-0.05, 0) is 78.4 Å². The number of non-ortho nitro benzene ring substituents is 1. The summed E-state index contributed by atoms with van der Waals surface area (Å²) in [5.41, 5.74) is 10.7. The number of rotatable bonds is 12. The fourth-order valence-electron chi connectivity index (χ4n) is 4.27. The van der Waals surface area contributed by atoms with Gasteiger partial charge in [-0.1, -0.05) is 25.0 Å². The molecule has 0 aliphatic heterocycles. The number of amides is 1. The molecule has 0 bridgehead atoms. The van der Waals surface area contributed by atoms with Gasteiger partial charge < -0.3 is 14.9 Å². The Morgan fingerprint density at radius 2 is 1.65 bits per heavy atom. The molecule has 188 valence electrons. The van der Waals surface area contributed by atoms with Crippen molar-refractivity contribution in [3.63, 3.8) is 0 Å². The van der Waals surface area contributed by atoms with Crippen molar-refractivity contribution in [2.24, 2.45) is 5.73 Å². The molecule has 2 aromatic heterocycles. The highest BCUT2D eigenvalue weighted by Gasteiger charge is 2.15. The maximum absolute atomic E-state index is 12.1. The lowest BCUT2D eigenvalue weighted by molar-refractivity contribution is -0.384. The normalized spacial score (nSPS) is 10.8. The lowest BCUT2D eigenvalue weighted by Crippen LogP contribution is -2.14. The minimum absolute atomic E-state index is 0.00371. The van der Waals surface area contributed by atoms with E-state index in [1.807, 2.05) is 30.3 Å². The maximum Gasteiger partial charge on any atom is 0.269 e. The summed E-state index contributed by atoms with van der Waals surface area (Å²) in [5, 5.41) is 11.1. The number of aldehydes is 1. The SMILES string of the molecule is NC(=O)c1ccc(-c2cc(-c3ccc([N+](=O)[O-])cc3)nc(-c3ccco3)c2)cc1CCCCCCC=O. The minimum Gasteiger partial charge on any atom is -0.463 e. The maximum atomic E-state index is 12.1. The second-order valence-electron chi connectivity index (χ2n) is 8.76. The summed E-state index contributed by atoms with van der Waals surface area (Å²) < 4.78 is 5.58. The molecule has 8 heteroatoms. The van der Waals surface area contributed by atoms with Crippen molar-refractivity contribution in [1.29, 1.82) is 0 Å². The number of aryl methyl sites for hydroxylation is 1. The number of benzene rings is 2. The van der Waals surface area contributed by atoms with Crippen LogP contribution in [0.4, 0.5) is 5.69 Å². The third kappa shape index (κ3) is 6.35. The molecule has 0 radical (unpaired) electrons. The van der Waals surface area contributed by atoms with Crippen LogP contribution in [0.25, 0.3) is 33.8 Å². The van der Waals surface area contributed by atoms with Gasteiger partial charge in [-0.25, -0.2) is 4.98 Å². The lowest BCUT2D eigenvalue weighted by Gasteiger charge is -2.12. The standard InChI is InChI=1S/C29H27N3O5/c30-29(34)25-14-11-21(17-22(25)7-4-2-1-3-5-15-33)23-18-26(20-9-12-24(13-10-20)32(35)36)31-27(19-23)28-8-6-16-37-28/h6,8-19H,1-5,7H2,(H2,30,34). The van der Waals surface area contributed by atoms with Gasteiger partial charge in [0.05, 0.1) is 16.9 Å². The molecular formula is C29H27N3O5. The number of nitro benzene ring substituents is 1. The number of carbonyl (C=O) groups is 2. The van der Waals surface area contributed by atoms with Crippen molar-refractivity contribution >= 4 is 17.9 Å². The van der Waals surface area contributed by atoms with E-state index in [2.05, 4.69) is 0 Å². The zero-order valence-corrected chi connectivity index (χ0v) is 20.3. The molecule has 0 spiro atoms. The van der Waals surface area contributed by atoms with Crippen molar-refractivity contribution in [3.05, 3.63) is 94.2 Å². The van der Waals surface area contributed by atoms with E-state index in [-0.39, 0.29) is 5.69 Å². The van der Waals surface area contributed by atoms with E-state index in [4.69, 9.17) is 15.1 Å². The highest BCUT2D eigenvalue weighted by Crippen LogP contribution is 2.32. The number of nitro groups is 1. The molecule has 0 atom stereocenters. The van der Waals surface area contributed by atoms with Gasteiger partial charge in [0.1, 0.15) is 12.0 Å². The first kappa shape index (κ1) is 25.5. The van der Waals surface area contributed by atoms with E-state index in [1.165, 1.54) is 12.1 Å². The van der Waals surface area contributed by atoms with Gasteiger partial charge >= 0.3 is 0 Å². The molecule has 0 saturated carbocycles. The molecule has 0 saturated heterocycles. The summed E-state index contributed by atoms with van der Waals surface area (Å²) in [6.07, 6.45) is 7.43. The molecule has 2 aromatic carbocycles. The van der Waals surface area contributed by atoms with Crippen molar-refractivity contribution < 1.29 is 18.9 Å². The number of hydrogen-bond acceptors (Lipinski definition) is 6. The fourth-order valence-corrected chi connectivity index (χ4v) is 4.27. The molecule has 0 aliphatic carbocycles. The molecule has 0 unspecified atom stereocenters. The molecule has 37 heavy (non-hydrogen) atoms. The zero-order valence-electron chi connectivity index (χ0n) is 20.3. The van der Waals surface area contributed by atoms with Crippen LogP contribution in [0.1, 0.15) is 48.0 Å². The lowest BCUT2D eigenvalue weighted by atomic mass is 9.94. The Morgan fingerprint density at radius 3 is 2.32 bits per heavy atom. The van der Waals surface area contributed by atoms with Crippen LogP contribution in [0, 0.1) is 10.1 Å². The molecule has 0 aliphatic rings. The van der Waals surface area contributed by atoms with Crippen LogP contribution in [0.15, 0.2) is 77.4 Å². The van der Waals surface area contributed by atoms with Crippen LogP contribution in [-0.2, 0) is 11.2 Å². The van der Waals surface area contributed by atoms with Gasteiger partial charge in [0.2, 0.25) is 5.91 Å². The number of pyridine rings is 1. The summed E-state index contributed by atoms with van der Waals surface area (Å²) in [6, 6.07) is 19.2. The molecular weight excluding hydrogens is 470 g/mol. The van der Waals surface area contributed by atoms with Crippen LogP contribution < -0.4 is 5.73 Å². The Bertz CT molecular complexity index is 1400. The molecule has 8 nitrogen and oxygen atoms in total. The highest BCUT2D eigenvalue weighted by molar-refractivity contribution is 5.95. The summed E-state index contributed by atoms with van der Waals surface area (Å²) in [5.74, 6) is 0.120. The van der Waals surface area contributed by atoms with Gasteiger partial charge in [0.15, 0.2) is 5.76 Å². The molecule has 2 N–H and O–H groups in total. The zero-order chi connectivity index (χ0) is 26.2. The predicted molar refractivity (Wildman–Crippen MR) is 141 cm³/mol. The average molecular weight is 498 g/mol. The molecule has 2 heterocycles. The minimum atomic E-state index is -0.472. The fraction of sp³-hybridized carbons (Fsp3) is 0.207. The third-order valence-electron chi connectivity index (χ3n) is 6.19. The van der Waals surface area contributed by atoms with Crippen LogP contribution in [0.5, 0.6) is 0 Å². The first-order valence-electron chi connectivity index (χ1n) is 12.1. The predicted octanol–water partition coefficient (Wildman–Crippen LogP) is 6.37. The first-order valence-corrected chi connectivity index (χ1v) is 12.1. The van der Waals surface area contributed by atoms with Crippen molar-refractivity contribution in [3.8, 4) is 33.8 Å². The number of nitrogens with zero attached hydrogens (tertiary/aromatic N) is 2. The number of hydrogen-bond donors (Lipinski definition) is 1. The van der Waals surface area contributed by atoms with Crippen LogP contribution in [0.2, 0.25) is 0 Å². The third-order valence-corrected chi connectivity index (χ3v) is 6.19. The molecule has 4 aromatic rings. The van der Waals surface area contributed by atoms with Crippen molar-refractivity contribution in [2.45, 2.75) is 38.5 Å². The molecule has 0 fully saturated rings. The van der Waals surface area contributed by atoms with E-state index in [0.29, 0.717) is 35.6 Å². The van der Waals surface area contributed by atoms with E-state index >= 15 is 0 Å². The number of nitrogens with two attached hydrogens (primary N) is 1. The summed E-state index contributed by atoms with van der Waals surface area (Å²) in [7, 11) is 0. The highest BCUT2D eigenvalue weighted by atomic mass is 16.6. The van der Waals surface area contributed by atoms with Crippen LogP contribution in [-0.4, -0.2) is 22.1 Å². The largest absolute Gasteiger partial charge is 0.463 e. The van der Waals surface area contributed by atoms with Crippen LogP contribution >= 0.6 is 0 Å². The van der Waals surface area contributed by atoms with E-state index in [9.17, 15) is 19.7 Å². The quantitative estimate of drug-likeness (QED) is 0.105. The van der Waals surface area contributed by atoms with Gasteiger partial charge in [-0.2, -0.15) is 0 Å². The Hall–Kier alpha value is -4.59. The molecule has 1 amide bonds. The monoisotopic (exact) mass is 497 g/mol. The topological polar surface area (TPSA) is 129 Å². The summed E-state index contributed by atoms with van der Waals surface area (Å²) in [4.78, 5) is 38.0. The summed E-state index contributed by atoms with van der Waals surface area (Å²) in [6.45, 7) is 0. The first-order chi connectivity index (χ1) is 18.0. The van der Waals surface area contributed by atoms with E-state index in [1.54, 1.807) is 30.5 Å². The van der Waals surface area contributed by atoms with Crippen LogP contribution in [0.3, 0.4) is 0 Å². The molecule has 4 rings (SSSR count). The van der Waals surface area contributed by atoms with Crippen molar-refractivity contribution in [2.75, 3.05) is 0 Å². The number of unbranched alkanes of at least 4 members (excludes halogenated alkanes) is 4. The Labute approximate surface area is 214 Å². The Balaban J connectivity index is 1.71. The second-order valence-corrected chi connectivity index (χ2v) is 8.76. The number of primary amides is 1. The van der Waals surface area contributed by atoms with E-state index in [0.717, 1.165) is 54.2 Å². The number of furan rings is 1. The number of aromatic nitrogens is 1. The van der Waals surface area contributed by atoms with Gasteiger partial charge in [-0.3, -0.25) is 14.9 Å². The Morgan fingerprint density at radius 1 is 0.919 bits per heavy atom. The van der Waals surface area contributed by atoms with Gasteiger partial charge in [-0.15, -0.1) is 0 Å².